The van der Waals surface area contributed by atoms with E-state index in [1.165, 1.54) is 6.07 Å². The molecule has 3 rings (SSSR count). The molecule has 0 atom stereocenters. The Morgan fingerprint density at radius 2 is 1.28 bits per heavy atom. The molecule has 0 aliphatic carbocycles. The van der Waals surface area contributed by atoms with E-state index in [0.29, 0.717) is 11.4 Å². The standard InChI is InChI=1S/C18H17N2O4P/c21-25(22,23)24-17-13-7-12-16(19-14-8-3-1-4-9-14)18(17)20-15-10-5-2-6-11-15/h1-13,19-20H,(H2,21,22,23). The molecule has 0 aliphatic rings. The lowest BCUT2D eigenvalue weighted by atomic mass is 10.2. The lowest BCUT2D eigenvalue weighted by molar-refractivity contribution is 0.284. The predicted octanol–water partition coefficient (Wildman–Crippen LogP) is 4.65. The maximum Gasteiger partial charge on any atom is 0.524 e. The molecule has 0 heterocycles. The lowest BCUT2D eigenvalue weighted by Gasteiger charge is -2.18. The summed E-state index contributed by atoms with van der Waals surface area (Å²) in [6.07, 6.45) is 0. The van der Waals surface area contributed by atoms with Crippen LogP contribution in [0.2, 0.25) is 0 Å². The molecule has 3 aromatic carbocycles. The fourth-order valence-electron chi connectivity index (χ4n) is 2.31. The highest BCUT2D eigenvalue weighted by Gasteiger charge is 2.20. The van der Waals surface area contributed by atoms with E-state index in [0.717, 1.165) is 11.4 Å². The van der Waals surface area contributed by atoms with E-state index >= 15 is 0 Å². The van der Waals surface area contributed by atoms with Gasteiger partial charge in [-0.1, -0.05) is 42.5 Å². The number of anilines is 4. The molecule has 0 saturated carbocycles. The summed E-state index contributed by atoms with van der Waals surface area (Å²) >= 11 is 0. The first-order chi connectivity index (χ1) is 12.0. The molecule has 4 N–H and O–H groups in total. The first-order valence-corrected chi connectivity index (χ1v) is 9.06. The highest BCUT2D eigenvalue weighted by molar-refractivity contribution is 7.46. The number of phosphoric acid groups is 1. The first kappa shape index (κ1) is 17.0. The maximum absolute atomic E-state index is 11.3. The maximum atomic E-state index is 11.3. The average Bonchev–Trinajstić information content (AvgIpc) is 2.58. The Balaban J connectivity index is 2.01. The van der Waals surface area contributed by atoms with Crippen LogP contribution in [-0.4, -0.2) is 9.79 Å². The summed E-state index contributed by atoms with van der Waals surface area (Å²) in [7, 11) is -4.69. The van der Waals surface area contributed by atoms with Crippen molar-refractivity contribution in [3.8, 4) is 5.75 Å². The smallest absolute Gasteiger partial charge is 0.402 e. The average molecular weight is 356 g/mol. The minimum Gasteiger partial charge on any atom is -0.402 e. The number of nitrogens with one attached hydrogen (secondary N) is 2. The molecular formula is C18H17N2O4P. The third kappa shape index (κ3) is 4.84. The van der Waals surface area contributed by atoms with E-state index in [1.807, 2.05) is 60.7 Å². The monoisotopic (exact) mass is 356 g/mol. The fourth-order valence-corrected chi connectivity index (χ4v) is 2.72. The van der Waals surface area contributed by atoms with Gasteiger partial charge in [-0.05, 0) is 36.4 Å². The van der Waals surface area contributed by atoms with Crippen LogP contribution in [0.25, 0.3) is 0 Å². The van der Waals surface area contributed by atoms with E-state index in [4.69, 9.17) is 4.52 Å². The molecule has 0 unspecified atom stereocenters. The molecule has 25 heavy (non-hydrogen) atoms. The van der Waals surface area contributed by atoms with Crippen molar-refractivity contribution in [1.82, 2.24) is 0 Å². The van der Waals surface area contributed by atoms with Crippen LogP contribution in [-0.2, 0) is 4.57 Å². The van der Waals surface area contributed by atoms with Crippen molar-refractivity contribution in [2.24, 2.45) is 0 Å². The summed E-state index contributed by atoms with van der Waals surface area (Å²) in [5, 5.41) is 6.38. The predicted molar refractivity (Wildman–Crippen MR) is 98.6 cm³/mol. The highest BCUT2D eigenvalue weighted by Crippen LogP contribution is 2.45. The van der Waals surface area contributed by atoms with Gasteiger partial charge in [-0.25, -0.2) is 4.57 Å². The molecule has 6 nitrogen and oxygen atoms in total. The summed E-state index contributed by atoms with van der Waals surface area (Å²) in [6, 6.07) is 23.7. The summed E-state index contributed by atoms with van der Waals surface area (Å²) in [6.45, 7) is 0. The Kier molecular flexibility index (Phi) is 5.05. The molecule has 0 fully saturated rings. The van der Waals surface area contributed by atoms with Crippen molar-refractivity contribution in [3.05, 3.63) is 78.9 Å². The SMILES string of the molecule is O=P(O)(O)Oc1cccc(Nc2ccccc2)c1Nc1ccccc1. The molecule has 128 valence electrons. The summed E-state index contributed by atoms with van der Waals surface area (Å²) < 4.78 is 16.1. The van der Waals surface area contributed by atoms with Crippen LogP contribution in [0.15, 0.2) is 78.9 Å². The van der Waals surface area contributed by atoms with Crippen molar-refractivity contribution >= 4 is 30.6 Å². The van der Waals surface area contributed by atoms with Gasteiger partial charge in [-0.2, -0.15) is 0 Å². The quantitative estimate of drug-likeness (QED) is 0.481. The molecule has 0 radical (unpaired) electrons. The number of hydrogen-bond donors (Lipinski definition) is 4. The van der Waals surface area contributed by atoms with E-state index in [2.05, 4.69) is 10.6 Å². The summed E-state index contributed by atoms with van der Waals surface area (Å²) in [5.41, 5.74) is 2.66. The highest BCUT2D eigenvalue weighted by atomic mass is 31.2. The van der Waals surface area contributed by atoms with Crippen LogP contribution < -0.4 is 15.2 Å². The normalized spacial score (nSPS) is 11.0. The third-order valence-corrected chi connectivity index (χ3v) is 3.77. The zero-order valence-electron chi connectivity index (χ0n) is 13.2. The molecule has 0 bridgehead atoms. The zero-order chi connectivity index (χ0) is 17.7. The van der Waals surface area contributed by atoms with E-state index < -0.39 is 7.82 Å². The lowest BCUT2D eigenvalue weighted by Crippen LogP contribution is -2.01. The Morgan fingerprint density at radius 3 is 1.84 bits per heavy atom. The van der Waals surface area contributed by atoms with Gasteiger partial charge in [-0.15, -0.1) is 0 Å². The van der Waals surface area contributed by atoms with Crippen LogP contribution in [0, 0.1) is 0 Å². The van der Waals surface area contributed by atoms with Gasteiger partial charge in [0, 0.05) is 11.4 Å². The summed E-state index contributed by atoms with van der Waals surface area (Å²) in [5.74, 6) is 0.0538. The Labute approximate surface area is 145 Å². The van der Waals surface area contributed by atoms with Gasteiger partial charge in [0.2, 0.25) is 0 Å². The van der Waals surface area contributed by atoms with E-state index in [1.54, 1.807) is 12.1 Å². The topological polar surface area (TPSA) is 90.8 Å². The van der Waals surface area contributed by atoms with Crippen molar-refractivity contribution < 1.29 is 18.9 Å². The van der Waals surface area contributed by atoms with Crippen molar-refractivity contribution in [1.29, 1.82) is 0 Å². The Bertz CT molecular complexity index is 882. The van der Waals surface area contributed by atoms with Gasteiger partial charge < -0.3 is 15.2 Å². The summed E-state index contributed by atoms with van der Waals surface area (Å²) in [4.78, 5) is 18.4. The second-order valence-electron chi connectivity index (χ2n) is 5.24. The Morgan fingerprint density at radius 1 is 0.720 bits per heavy atom. The fraction of sp³-hybridized carbons (Fsp3) is 0. The molecular weight excluding hydrogens is 339 g/mol. The molecule has 0 aliphatic heterocycles. The minimum absolute atomic E-state index is 0.0538. The van der Waals surface area contributed by atoms with Crippen LogP contribution >= 0.6 is 7.82 Å². The van der Waals surface area contributed by atoms with Gasteiger partial charge in [-0.3, -0.25) is 9.79 Å². The third-order valence-electron chi connectivity index (χ3n) is 3.34. The number of phosphoric ester groups is 1. The number of hydrogen-bond acceptors (Lipinski definition) is 4. The van der Waals surface area contributed by atoms with Gasteiger partial charge >= 0.3 is 7.82 Å². The van der Waals surface area contributed by atoms with Crippen molar-refractivity contribution in [2.75, 3.05) is 10.6 Å². The molecule has 7 heteroatoms. The van der Waals surface area contributed by atoms with Crippen molar-refractivity contribution in [3.63, 3.8) is 0 Å². The second-order valence-corrected chi connectivity index (χ2v) is 6.41. The van der Waals surface area contributed by atoms with Crippen LogP contribution in [0.1, 0.15) is 0 Å². The zero-order valence-corrected chi connectivity index (χ0v) is 14.1. The Hall–Kier alpha value is -2.79. The number of para-hydroxylation sites is 3. The van der Waals surface area contributed by atoms with Crippen LogP contribution in [0.5, 0.6) is 5.75 Å². The minimum atomic E-state index is -4.69. The molecule has 0 saturated heterocycles. The first-order valence-electron chi connectivity index (χ1n) is 7.53. The van der Waals surface area contributed by atoms with Gasteiger partial charge in [0.05, 0.1) is 5.69 Å². The van der Waals surface area contributed by atoms with E-state index in [9.17, 15) is 14.4 Å². The molecule has 0 amide bonds. The second kappa shape index (κ2) is 7.40. The molecule has 0 aromatic heterocycles. The molecule has 3 aromatic rings. The van der Waals surface area contributed by atoms with Crippen LogP contribution in [0.3, 0.4) is 0 Å². The van der Waals surface area contributed by atoms with Crippen LogP contribution in [0.4, 0.5) is 22.7 Å². The van der Waals surface area contributed by atoms with Gasteiger partial charge in [0.15, 0.2) is 5.75 Å². The van der Waals surface area contributed by atoms with Gasteiger partial charge in [0.25, 0.3) is 0 Å². The number of rotatable bonds is 6. The largest absolute Gasteiger partial charge is 0.524 e. The van der Waals surface area contributed by atoms with Crippen molar-refractivity contribution in [2.45, 2.75) is 0 Å². The molecule has 0 spiro atoms. The number of benzene rings is 3. The van der Waals surface area contributed by atoms with Gasteiger partial charge in [0.1, 0.15) is 5.69 Å². The van der Waals surface area contributed by atoms with E-state index in [-0.39, 0.29) is 5.75 Å².